The number of benzene rings is 1. The van der Waals surface area contributed by atoms with Crippen LogP contribution in [0.3, 0.4) is 0 Å². The number of nitrogens with one attached hydrogen (secondary N) is 1. The van der Waals surface area contributed by atoms with Gasteiger partial charge in [-0.25, -0.2) is 0 Å². The second kappa shape index (κ2) is 6.82. The molecule has 1 spiro atoms. The van der Waals surface area contributed by atoms with E-state index in [1.54, 1.807) is 0 Å². The third-order valence-electron chi connectivity index (χ3n) is 6.23. The first-order valence-corrected chi connectivity index (χ1v) is 8.69. The Hall–Kier alpha value is -1.06. The molecule has 2 unspecified atom stereocenters. The number of rotatable bonds is 3. The number of ether oxygens (including phenoxy) is 1. The lowest BCUT2D eigenvalue weighted by molar-refractivity contribution is -0.147. The van der Waals surface area contributed by atoms with Crippen molar-refractivity contribution in [3.63, 3.8) is 0 Å². The third kappa shape index (κ3) is 3.27. The highest BCUT2D eigenvalue weighted by molar-refractivity contribution is 5.85. The average molecular weight is 336 g/mol. The number of hydrogen-bond acceptors (Lipinski definition) is 3. The van der Waals surface area contributed by atoms with Gasteiger partial charge in [-0.3, -0.25) is 4.79 Å². The maximum Gasteiger partial charge on any atom is 0.323 e. The first-order chi connectivity index (χ1) is 10.8. The van der Waals surface area contributed by atoms with Crippen LogP contribution in [0.15, 0.2) is 30.3 Å². The topological polar surface area (TPSA) is 38.3 Å². The van der Waals surface area contributed by atoms with Crippen molar-refractivity contribution in [3.8, 4) is 0 Å². The highest BCUT2D eigenvalue weighted by Crippen LogP contribution is 2.56. The van der Waals surface area contributed by atoms with Crippen molar-refractivity contribution in [3.05, 3.63) is 35.9 Å². The first-order valence-electron chi connectivity index (χ1n) is 8.69. The molecule has 1 aromatic carbocycles. The summed E-state index contributed by atoms with van der Waals surface area (Å²) in [5.74, 6) is 1.67. The van der Waals surface area contributed by atoms with Crippen molar-refractivity contribution < 1.29 is 9.53 Å². The zero-order valence-electron chi connectivity index (χ0n) is 13.5. The fourth-order valence-electron chi connectivity index (χ4n) is 5.06. The van der Waals surface area contributed by atoms with E-state index in [0.29, 0.717) is 12.0 Å². The summed E-state index contributed by atoms with van der Waals surface area (Å²) in [6.45, 7) is 1.40. The Labute approximate surface area is 144 Å². The Morgan fingerprint density at radius 2 is 1.87 bits per heavy atom. The summed E-state index contributed by atoms with van der Waals surface area (Å²) in [7, 11) is 0. The predicted molar refractivity (Wildman–Crippen MR) is 92.4 cm³/mol. The number of halogens is 1. The Morgan fingerprint density at radius 1 is 1.13 bits per heavy atom. The van der Waals surface area contributed by atoms with Gasteiger partial charge in [0.1, 0.15) is 12.6 Å². The number of carbonyl (C=O) groups excluding carboxylic acids is 1. The number of fused-ring (bicyclic) bond motifs is 2. The van der Waals surface area contributed by atoms with Crippen LogP contribution in [0.25, 0.3) is 0 Å². The molecular weight excluding hydrogens is 310 g/mol. The van der Waals surface area contributed by atoms with Crippen molar-refractivity contribution >= 4 is 18.4 Å². The quantitative estimate of drug-likeness (QED) is 0.856. The van der Waals surface area contributed by atoms with Gasteiger partial charge in [-0.05, 0) is 48.5 Å². The fourth-order valence-corrected chi connectivity index (χ4v) is 5.06. The van der Waals surface area contributed by atoms with Crippen molar-refractivity contribution in [2.24, 2.45) is 17.3 Å². The second-order valence-electron chi connectivity index (χ2n) is 7.52. The van der Waals surface area contributed by atoms with Crippen molar-refractivity contribution in [1.29, 1.82) is 0 Å². The van der Waals surface area contributed by atoms with Crippen LogP contribution in [0.5, 0.6) is 0 Å². The molecule has 1 N–H and O–H groups in total. The van der Waals surface area contributed by atoms with Crippen molar-refractivity contribution in [2.45, 2.75) is 51.2 Å². The van der Waals surface area contributed by atoms with Crippen molar-refractivity contribution in [2.75, 3.05) is 6.54 Å². The SMILES string of the molecule is Cl.O=C(OCc1ccccc1)C1CC2(CN1)CC1CCC2CC1. The van der Waals surface area contributed by atoms with E-state index in [-0.39, 0.29) is 24.4 Å². The lowest BCUT2D eigenvalue weighted by Gasteiger charge is -2.50. The summed E-state index contributed by atoms with van der Waals surface area (Å²) in [4.78, 5) is 12.4. The molecule has 3 aliphatic carbocycles. The molecule has 5 rings (SSSR count). The minimum atomic E-state index is -0.0944. The van der Waals surface area contributed by atoms with E-state index in [1.807, 2.05) is 30.3 Å². The van der Waals surface area contributed by atoms with Crippen LogP contribution < -0.4 is 5.32 Å². The molecule has 4 aliphatic rings. The van der Waals surface area contributed by atoms with Crippen molar-refractivity contribution in [1.82, 2.24) is 5.32 Å². The van der Waals surface area contributed by atoms with Gasteiger partial charge in [0, 0.05) is 6.54 Å². The summed E-state index contributed by atoms with van der Waals surface area (Å²) in [5, 5.41) is 3.46. The molecule has 0 amide bonds. The number of hydrogen-bond donors (Lipinski definition) is 1. The summed E-state index contributed by atoms with van der Waals surface area (Å²) in [5.41, 5.74) is 1.44. The molecule has 1 heterocycles. The zero-order chi connectivity index (χ0) is 15.0. The van der Waals surface area contributed by atoms with Crippen LogP contribution in [0.4, 0.5) is 0 Å². The molecule has 23 heavy (non-hydrogen) atoms. The van der Waals surface area contributed by atoms with Gasteiger partial charge in [-0.15, -0.1) is 12.4 Å². The molecule has 2 atom stereocenters. The monoisotopic (exact) mass is 335 g/mol. The number of carbonyl (C=O) groups is 1. The molecule has 4 fully saturated rings. The molecule has 0 radical (unpaired) electrons. The van der Waals surface area contributed by atoms with Gasteiger partial charge in [-0.1, -0.05) is 43.2 Å². The maximum atomic E-state index is 12.4. The van der Waals surface area contributed by atoms with Crippen LogP contribution in [0.2, 0.25) is 0 Å². The van der Waals surface area contributed by atoms with E-state index in [4.69, 9.17) is 4.74 Å². The molecule has 2 bridgehead atoms. The lowest BCUT2D eigenvalue weighted by Crippen LogP contribution is -2.43. The van der Waals surface area contributed by atoms with E-state index in [1.165, 1.54) is 32.1 Å². The van der Waals surface area contributed by atoms with Crippen LogP contribution in [0, 0.1) is 17.3 Å². The minimum Gasteiger partial charge on any atom is -0.460 e. The summed E-state index contributed by atoms with van der Waals surface area (Å²) >= 11 is 0. The molecule has 3 saturated carbocycles. The predicted octanol–water partition coefficient (Wildman–Crippen LogP) is 3.71. The summed E-state index contributed by atoms with van der Waals surface area (Å²) in [6, 6.07) is 9.83. The van der Waals surface area contributed by atoms with Crippen LogP contribution >= 0.6 is 12.4 Å². The first kappa shape index (κ1) is 16.8. The Kier molecular flexibility index (Phi) is 4.98. The standard InChI is InChI=1S/C19H25NO2.ClH/c21-18(22-12-15-4-2-1-3-5-15)17-11-19(13-20-17)10-14-6-8-16(19)9-7-14;/h1-5,14,16-17,20H,6-13H2;1H. The molecule has 1 saturated heterocycles. The van der Waals surface area contributed by atoms with E-state index < -0.39 is 0 Å². The van der Waals surface area contributed by atoms with Gasteiger partial charge in [0.25, 0.3) is 0 Å². The largest absolute Gasteiger partial charge is 0.460 e. The Balaban J connectivity index is 0.00000156. The summed E-state index contributed by atoms with van der Waals surface area (Å²) in [6.07, 6.45) is 7.89. The molecule has 1 aliphatic heterocycles. The normalized spacial score (nSPS) is 35.0. The Bertz CT molecular complexity index is 542. The van der Waals surface area contributed by atoms with E-state index >= 15 is 0 Å². The van der Waals surface area contributed by atoms with E-state index in [0.717, 1.165) is 30.4 Å². The van der Waals surface area contributed by atoms with Gasteiger partial charge in [0.05, 0.1) is 0 Å². The van der Waals surface area contributed by atoms with Gasteiger partial charge in [0.15, 0.2) is 0 Å². The number of esters is 1. The molecule has 1 aromatic rings. The van der Waals surface area contributed by atoms with E-state index in [2.05, 4.69) is 5.32 Å². The van der Waals surface area contributed by atoms with Gasteiger partial charge in [0.2, 0.25) is 0 Å². The minimum absolute atomic E-state index is 0. The summed E-state index contributed by atoms with van der Waals surface area (Å²) < 4.78 is 5.52. The molecular formula is C19H26ClNO2. The van der Waals surface area contributed by atoms with Crippen LogP contribution in [-0.4, -0.2) is 18.6 Å². The lowest BCUT2D eigenvalue weighted by atomic mass is 9.55. The molecule has 126 valence electrons. The van der Waals surface area contributed by atoms with Gasteiger partial charge >= 0.3 is 5.97 Å². The second-order valence-corrected chi connectivity index (χ2v) is 7.52. The van der Waals surface area contributed by atoms with Crippen LogP contribution in [0.1, 0.15) is 44.1 Å². The smallest absolute Gasteiger partial charge is 0.323 e. The van der Waals surface area contributed by atoms with Gasteiger partial charge < -0.3 is 10.1 Å². The highest BCUT2D eigenvalue weighted by atomic mass is 35.5. The van der Waals surface area contributed by atoms with Crippen LogP contribution in [-0.2, 0) is 16.1 Å². The maximum absolute atomic E-state index is 12.4. The third-order valence-corrected chi connectivity index (χ3v) is 6.23. The van der Waals surface area contributed by atoms with Gasteiger partial charge in [-0.2, -0.15) is 0 Å². The molecule has 3 nitrogen and oxygen atoms in total. The van der Waals surface area contributed by atoms with E-state index in [9.17, 15) is 4.79 Å². The zero-order valence-corrected chi connectivity index (χ0v) is 14.3. The molecule has 4 heteroatoms. The highest BCUT2D eigenvalue weighted by Gasteiger charge is 2.52. The fraction of sp³-hybridized carbons (Fsp3) is 0.632. The Morgan fingerprint density at radius 3 is 2.52 bits per heavy atom. The molecule has 0 aromatic heterocycles. The average Bonchev–Trinajstić information content (AvgIpc) is 2.98.